The van der Waals surface area contributed by atoms with E-state index in [0.717, 1.165) is 9.35 Å². The molecule has 0 aliphatic carbocycles. The maximum Gasteiger partial charge on any atom is 0.343 e. The van der Waals surface area contributed by atoms with Crippen LogP contribution in [0.25, 0.3) is 0 Å². The maximum absolute atomic E-state index is 11.7. The lowest BCUT2D eigenvalue weighted by Gasteiger charge is -2.11. The van der Waals surface area contributed by atoms with Gasteiger partial charge in [-0.3, -0.25) is 0 Å². The predicted octanol–water partition coefficient (Wildman–Crippen LogP) is 3.46. The number of benzene rings is 1. The number of hydrogen-bond donors (Lipinski definition) is 1. The van der Waals surface area contributed by atoms with Crippen LogP contribution in [0.1, 0.15) is 15.2 Å². The Morgan fingerprint density at radius 1 is 1.47 bits per heavy atom. The molecular formula is C13H12BrNO3S. The molecule has 0 unspecified atom stereocenters. The number of anilines is 1. The molecule has 0 bridgehead atoms. The highest BCUT2D eigenvalue weighted by Crippen LogP contribution is 2.27. The quantitative estimate of drug-likeness (QED) is 0.683. The van der Waals surface area contributed by atoms with Crippen molar-refractivity contribution >= 4 is 38.9 Å². The number of esters is 1. The molecule has 4 nitrogen and oxygen atoms in total. The van der Waals surface area contributed by atoms with Gasteiger partial charge in [-0.2, -0.15) is 0 Å². The fourth-order valence-electron chi connectivity index (χ4n) is 1.57. The summed E-state index contributed by atoms with van der Waals surface area (Å²) in [5.41, 5.74) is 6.39. The zero-order valence-electron chi connectivity index (χ0n) is 10.2. The van der Waals surface area contributed by atoms with Crippen LogP contribution in [0.5, 0.6) is 5.75 Å². The van der Waals surface area contributed by atoms with Crippen LogP contribution in [0.4, 0.5) is 5.69 Å². The van der Waals surface area contributed by atoms with E-state index in [1.807, 2.05) is 11.4 Å². The van der Waals surface area contributed by atoms with Crippen LogP contribution in [0, 0.1) is 0 Å². The third kappa shape index (κ3) is 3.27. The van der Waals surface area contributed by atoms with Gasteiger partial charge in [-0.1, -0.05) is 6.07 Å². The van der Waals surface area contributed by atoms with Crippen molar-refractivity contribution < 1.29 is 14.3 Å². The number of nitrogens with two attached hydrogens (primary N) is 1. The first-order valence-electron chi connectivity index (χ1n) is 5.44. The molecule has 2 N–H and O–H groups in total. The number of methoxy groups -OCH3 is 1. The second-order valence-electron chi connectivity index (χ2n) is 3.73. The van der Waals surface area contributed by atoms with E-state index in [1.54, 1.807) is 29.5 Å². The monoisotopic (exact) mass is 341 g/mol. The Morgan fingerprint density at radius 3 is 2.89 bits per heavy atom. The van der Waals surface area contributed by atoms with E-state index in [-0.39, 0.29) is 5.56 Å². The van der Waals surface area contributed by atoms with E-state index < -0.39 is 5.97 Å². The molecule has 0 amide bonds. The highest BCUT2D eigenvalue weighted by atomic mass is 79.9. The molecule has 1 aromatic heterocycles. The zero-order chi connectivity index (χ0) is 13.8. The fourth-order valence-corrected chi connectivity index (χ4v) is 2.93. The fraction of sp³-hybridized carbons (Fsp3) is 0.154. The van der Waals surface area contributed by atoms with Crippen molar-refractivity contribution in [3.8, 4) is 5.75 Å². The molecule has 6 heteroatoms. The normalized spacial score (nSPS) is 10.2. The van der Waals surface area contributed by atoms with Gasteiger partial charge in [0.05, 0.1) is 7.11 Å². The summed E-state index contributed by atoms with van der Waals surface area (Å²) in [6.45, 7) is 0.379. The average molecular weight is 342 g/mol. The van der Waals surface area contributed by atoms with Crippen molar-refractivity contribution in [2.45, 2.75) is 6.61 Å². The Bertz CT molecular complexity index is 597. The van der Waals surface area contributed by atoms with E-state index in [4.69, 9.17) is 15.2 Å². The number of carbonyl (C=O) groups excluding carboxylic acids is 1. The van der Waals surface area contributed by atoms with Crippen molar-refractivity contribution in [3.05, 3.63) is 44.6 Å². The number of halogens is 1. The Labute approximate surface area is 123 Å². The Balaban J connectivity index is 2.20. The van der Waals surface area contributed by atoms with Gasteiger partial charge in [-0.25, -0.2) is 4.79 Å². The van der Waals surface area contributed by atoms with E-state index in [9.17, 15) is 4.79 Å². The van der Waals surface area contributed by atoms with E-state index in [2.05, 4.69) is 15.9 Å². The molecule has 0 aliphatic heterocycles. The van der Waals surface area contributed by atoms with Crippen LogP contribution in [0.2, 0.25) is 0 Å². The molecule has 0 fully saturated rings. The van der Waals surface area contributed by atoms with Crippen molar-refractivity contribution in [2.24, 2.45) is 0 Å². The molecule has 2 rings (SSSR count). The van der Waals surface area contributed by atoms with Crippen molar-refractivity contribution in [1.82, 2.24) is 0 Å². The first-order chi connectivity index (χ1) is 9.11. The number of rotatable bonds is 4. The third-order valence-electron chi connectivity index (χ3n) is 2.44. The van der Waals surface area contributed by atoms with Crippen LogP contribution in [0.15, 0.2) is 34.1 Å². The summed E-state index contributed by atoms with van der Waals surface area (Å²) in [4.78, 5) is 12.7. The summed E-state index contributed by atoms with van der Waals surface area (Å²) in [5.74, 6) is -0.0724. The van der Waals surface area contributed by atoms with Gasteiger partial charge in [0, 0.05) is 20.4 Å². The summed E-state index contributed by atoms with van der Waals surface area (Å²) in [6.07, 6.45) is 0. The number of thiophene rings is 1. The SMILES string of the molecule is COC(=O)c1c(N)cccc1OCc1cc(Br)cs1. The number of hydrogen-bond acceptors (Lipinski definition) is 5. The Hall–Kier alpha value is -1.53. The lowest BCUT2D eigenvalue weighted by atomic mass is 10.1. The molecule has 19 heavy (non-hydrogen) atoms. The second kappa shape index (κ2) is 6.08. The lowest BCUT2D eigenvalue weighted by Crippen LogP contribution is -2.08. The van der Waals surface area contributed by atoms with Crippen molar-refractivity contribution in [2.75, 3.05) is 12.8 Å². The molecule has 0 saturated carbocycles. The molecule has 2 aromatic rings. The molecule has 0 aliphatic rings. The molecule has 1 heterocycles. The summed E-state index contributed by atoms with van der Waals surface area (Å²) < 4.78 is 11.4. The van der Waals surface area contributed by atoms with Gasteiger partial charge in [-0.05, 0) is 34.1 Å². The predicted molar refractivity (Wildman–Crippen MR) is 78.5 cm³/mol. The minimum atomic E-state index is -0.500. The van der Waals surface area contributed by atoms with E-state index >= 15 is 0 Å². The molecule has 0 saturated heterocycles. The summed E-state index contributed by atoms with van der Waals surface area (Å²) >= 11 is 4.95. The molecule has 100 valence electrons. The van der Waals surface area contributed by atoms with Gasteiger partial charge in [0.25, 0.3) is 0 Å². The van der Waals surface area contributed by atoms with Gasteiger partial charge in [-0.15, -0.1) is 11.3 Å². The number of carbonyl (C=O) groups is 1. The summed E-state index contributed by atoms with van der Waals surface area (Å²) in [6, 6.07) is 7.04. The minimum absolute atomic E-state index is 0.264. The second-order valence-corrected chi connectivity index (χ2v) is 5.64. The molecule has 0 atom stereocenters. The minimum Gasteiger partial charge on any atom is -0.487 e. The Morgan fingerprint density at radius 2 is 2.26 bits per heavy atom. The van der Waals surface area contributed by atoms with Gasteiger partial charge < -0.3 is 15.2 Å². The third-order valence-corrected chi connectivity index (χ3v) is 4.11. The molecule has 0 radical (unpaired) electrons. The standard InChI is InChI=1S/C13H12BrNO3S/c1-17-13(16)12-10(15)3-2-4-11(12)18-6-9-5-8(14)7-19-9/h2-5,7H,6,15H2,1H3. The van der Waals surface area contributed by atoms with Crippen LogP contribution >= 0.6 is 27.3 Å². The summed E-state index contributed by atoms with van der Waals surface area (Å²) in [7, 11) is 1.31. The highest BCUT2D eigenvalue weighted by molar-refractivity contribution is 9.10. The summed E-state index contributed by atoms with van der Waals surface area (Å²) in [5, 5.41) is 1.97. The smallest absolute Gasteiger partial charge is 0.343 e. The van der Waals surface area contributed by atoms with E-state index in [1.165, 1.54) is 7.11 Å². The van der Waals surface area contributed by atoms with Gasteiger partial charge >= 0.3 is 5.97 Å². The molecule has 0 spiro atoms. The zero-order valence-corrected chi connectivity index (χ0v) is 12.6. The highest BCUT2D eigenvalue weighted by Gasteiger charge is 2.16. The average Bonchev–Trinajstić information content (AvgIpc) is 2.81. The first kappa shape index (κ1) is 13.9. The number of ether oxygens (including phenoxy) is 2. The lowest BCUT2D eigenvalue weighted by molar-refractivity contribution is 0.0597. The molecular weight excluding hydrogens is 330 g/mol. The first-order valence-corrected chi connectivity index (χ1v) is 7.11. The molecule has 1 aromatic carbocycles. The Kier molecular flexibility index (Phi) is 4.44. The topological polar surface area (TPSA) is 61.5 Å². The maximum atomic E-state index is 11.7. The van der Waals surface area contributed by atoms with Crippen LogP contribution in [-0.4, -0.2) is 13.1 Å². The van der Waals surface area contributed by atoms with Crippen molar-refractivity contribution in [3.63, 3.8) is 0 Å². The van der Waals surface area contributed by atoms with Gasteiger partial charge in [0.1, 0.15) is 17.9 Å². The van der Waals surface area contributed by atoms with Crippen molar-refractivity contribution in [1.29, 1.82) is 0 Å². The van der Waals surface area contributed by atoms with Gasteiger partial charge in [0.2, 0.25) is 0 Å². The van der Waals surface area contributed by atoms with Crippen LogP contribution in [0.3, 0.4) is 0 Å². The van der Waals surface area contributed by atoms with Crippen LogP contribution < -0.4 is 10.5 Å². The van der Waals surface area contributed by atoms with Crippen LogP contribution in [-0.2, 0) is 11.3 Å². The number of nitrogen functional groups attached to an aromatic ring is 1. The van der Waals surface area contributed by atoms with Gasteiger partial charge in [0.15, 0.2) is 0 Å². The van der Waals surface area contributed by atoms with E-state index in [0.29, 0.717) is 18.0 Å². The largest absolute Gasteiger partial charge is 0.487 e.